The lowest BCUT2D eigenvalue weighted by atomic mass is 9.85. The van der Waals surface area contributed by atoms with Gasteiger partial charge < -0.3 is 10.2 Å². The average molecular weight is 560 g/mol. The first-order valence-corrected chi connectivity index (χ1v) is 15.9. The Labute approximate surface area is 249 Å². The molecule has 1 amide bonds. The number of nitrogens with one attached hydrogen (secondary N) is 1. The fourth-order valence-corrected chi connectivity index (χ4v) is 7.15. The van der Waals surface area contributed by atoms with Crippen LogP contribution in [0.3, 0.4) is 0 Å². The fourth-order valence-electron chi connectivity index (χ4n) is 7.15. The van der Waals surface area contributed by atoms with Crippen molar-refractivity contribution in [1.82, 2.24) is 19.7 Å². The normalized spacial score (nSPS) is 18.7. The number of rotatable bonds is 8. The van der Waals surface area contributed by atoms with E-state index in [2.05, 4.69) is 83.8 Å². The number of carbonyl (C=O) groups excluding carboxylic acids is 1. The van der Waals surface area contributed by atoms with Gasteiger partial charge in [-0.3, -0.25) is 4.79 Å². The second kappa shape index (κ2) is 11.4. The summed E-state index contributed by atoms with van der Waals surface area (Å²) in [5.74, 6) is 2.12. The largest absolute Gasteiger partial charge is 0.378 e. The summed E-state index contributed by atoms with van der Waals surface area (Å²) in [5, 5.41) is 8.45. The fraction of sp³-hybridized carbons (Fsp3) is 0.417. The minimum absolute atomic E-state index is 0.241. The molecule has 1 N–H and O–H groups in total. The number of aromatic nitrogens is 3. The number of benzene rings is 2. The van der Waals surface area contributed by atoms with Gasteiger partial charge in [0.25, 0.3) is 0 Å². The van der Waals surface area contributed by atoms with Crippen LogP contribution in [0.4, 0.5) is 5.69 Å². The van der Waals surface area contributed by atoms with Crippen LogP contribution >= 0.6 is 0 Å². The van der Waals surface area contributed by atoms with Gasteiger partial charge in [-0.15, -0.1) is 0 Å². The predicted octanol–water partition coefficient (Wildman–Crippen LogP) is 7.27. The first-order chi connectivity index (χ1) is 20.6. The number of anilines is 1. The first kappa shape index (κ1) is 26.9. The van der Waals surface area contributed by atoms with Gasteiger partial charge in [-0.2, -0.15) is 5.10 Å². The zero-order valence-electron chi connectivity index (χ0n) is 24.9. The van der Waals surface area contributed by atoms with Crippen molar-refractivity contribution in [3.05, 3.63) is 94.8 Å². The molecular formula is C36H41N5O. The number of nitrogens with zero attached hydrogens (tertiary/aromatic N) is 4. The highest BCUT2D eigenvalue weighted by molar-refractivity contribution is 5.81. The van der Waals surface area contributed by atoms with Gasteiger partial charge in [0.2, 0.25) is 5.91 Å². The van der Waals surface area contributed by atoms with Crippen molar-refractivity contribution in [2.75, 3.05) is 18.4 Å². The van der Waals surface area contributed by atoms with Crippen molar-refractivity contribution in [1.29, 1.82) is 0 Å². The van der Waals surface area contributed by atoms with Crippen LogP contribution in [0, 0.1) is 5.92 Å². The summed E-state index contributed by atoms with van der Waals surface area (Å²) in [5.41, 5.74) is 10.2. The molecule has 2 aromatic heterocycles. The second-order valence-corrected chi connectivity index (χ2v) is 12.2. The first-order valence-electron chi connectivity index (χ1n) is 15.9. The van der Waals surface area contributed by atoms with Gasteiger partial charge in [0.05, 0.1) is 11.7 Å². The molecule has 1 saturated heterocycles. The Morgan fingerprint density at radius 1 is 0.929 bits per heavy atom. The number of carbonyl (C=O) groups is 1. The molecule has 7 rings (SSSR count). The molecule has 3 aliphatic rings. The van der Waals surface area contributed by atoms with Crippen molar-refractivity contribution in [2.24, 2.45) is 5.92 Å². The highest BCUT2D eigenvalue weighted by Gasteiger charge is 2.35. The number of likely N-dealkylation sites (tertiary alicyclic amines) is 1. The van der Waals surface area contributed by atoms with Crippen molar-refractivity contribution in [3.8, 4) is 17.1 Å². The maximum absolute atomic E-state index is 12.5. The Hall–Kier alpha value is -3.93. The number of hydrogen-bond donors (Lipinski definition) is 1. The number of aryl methyl sites for hydroxylation is 3. The molecule has 1 unspecified atom stereocenters. The monoisotopic (exact) mass is 559 g/mol. The van der Waals surface area contributed by atoms with E-state index in [1.807, 2.05) is 16.9 Å². The van der Waals surface area contributed by atoms with E-state index >= 15 is 0 Å². The Balaban J connectivity index is 1.11. The van der Waals surface area contributed by atoms with Crippen molar-refractivity contribution in [2.45, 2.75) is 77.2 Å². The number of pyridine rings is 1. The standard InChI is InChI=1S/C36H41N5O/c1-3-24-23-28(14-15-30(24)25-18-21-40(22-19-25)36(42)27-11-12-27)38-33-16-13-26-7-5-8-31(35(26)33)32-9-6-10-34(39-32)41-29(4-2)17-20-37-41/h5-10,14-15,17,20,23,25,27,33,38H,3-4,11-13,16,18-19,21-22H2,1-2H3. The molecule has 0 spiro atoms. The minimum Gasteiger partial charge on any atom is -0.378 e. The second-order valence-electron chi connectivity index (χ2n) is 12.2. The van der Waals surface area contributed by atoms with Gasteiger partial charge in [0, 0.05) is 42.1 Å². The zero-order valence-corrected chi connectivity index (χ0v) is 24.9. The molecule has 6 nitrogen and oxygen atoms in total. The molecule has 216 valence electrons. The van der Waals surface area contributed by atoms with Crippen LogP contribution in [-0.4, -0.2) is 38.7 Å². The molecule has 6 heteroatoms. The van der Waals surface area contributed by atoms with Crippen LogP contribution in [0.25, 0.3) is 17.1 Å². The summed E-state index contributed by atoms with van der Waals surface area (Å²) in [6, 6.07) is 22.2. The van der Waals surface area contributed by atoms with Crippen LogP contribution < -0.4 is 5.32 Å². The number of fused-ring (bicyclic) bond motifs is 1. The van der Waals surface area contributed by atoms with E-state index in [0.29, 0.717) is 17.7 Å². The summed E-state index contributed by atoms with van der Waals surface area (Å²) in [6.45, 7) is 6.22. The molecule has 4 aromatic rings. The van der Waals surface area contributed by atoms with Crippen LogP contribution in [-0.2, 0) is 24.1 Å². The van der Waals surface area contributed by atoms with E-state index in [1.54, 1.807) is 0 Å². The maximum Gasteiger partial charge on any atom is 0.225 e. The lowest BCUT2D eigenvalue weighted by molar-refractivity contribution is -0.133. The number of amides is 1. The molecule has 3 heterocycles. The molecule has 1 aliphatic heterocycles. The molecule has 2 aliphatic carbocycles. The lowest BCUT2D eigenvalue weighted by Gasteiger charge is -2.33. The molecule has 1 atom stereocenters. The predicted molar refractivity (Wildman–Crippen MR) is 168 cm³/mol. The number of piperidine rings is 1. The maximum atomic E-state index is 12.5. The molecule has 2 aromatic carbocycles. The Bertz CT molecular complexity index is 1590. The van der Waals surface area contributed by atoms with Gasteiger partial charge in [-0.1, -0.05) is 44.2 Å². The van der Waals surface area contributed by atoms with Crippen LogP contribution in [0.2, 0.25) is 0 Å². The number of hydrogen-bond acceptors (Lipinski definition) is 4. The van der Waals surface area contributed by atoms with Gasteiger partial charge in [-0.05, 0) is 110 Å². The molecule has 42 heavy (non-hydrogen) atoms. The van der Waals surface area contributed by atoms with Crippen molar-refractivity contribution in [3.63, 3.8) is 0 Å². The van der Waals surface area contributed by atoms with Crippen molar-refractivity contribution < 1.29 is 4.79 Å². The highest BCUT2D eigenvalue weighted by Crippen LogP contribution is 2.41. The molecular weight excluding hydrogens is 518 g/mol. The van der Waals surface area contributed by atoms with E-state index in [1.165, 1.54) is 33.5 Å². The lowest BCUT2D eigenvalue weighted by Crippen LogP contribution is -2.38. The summed E-state index contributed by atoms with van der Waals surface area (Å²) in [4.78, 5) is 19.7. The molecule has 1 saturated carbocycles. The third kappa shape index (κ3) is 5.12. The van der Waals surface area contributed by atoms with Crippen molar-refractivity contribution >= 4 is 11.6 Å². The zero-order chi connectivity index (χ0) is 28.6. The molecule has 2 fully saturated rings. The SMILES string of the molecule is CCc1cc(NC2CCc3cccc(-c4cccc(-n5nccc5CC)n4)c32)ccc1C1CCN(C(=O)C2CC2)CC1. The van der Waals surface area contributed by atoms with Gasteiger partial charge in [0.15, 0.2) is 5.82 Å². The average Bonchev–Trinajstić information content (AvgIpc) is 3.64. The smallest absolute Gasteiger partial charge is 0.225 e. The van der Waals surface area contributed by atoms with E-state index in [-0.39, 0.29) is 6.04 Å². The molecule has 0 bridgehead atoms. The van der Waals surface area contributed by atoms with Gasteiger partial charge in [-0.25, -0.2) is 9.67 Å². The Kier molecular flexibility index (Phi) is 7.31. The Morgan fingerprint density at radius 2 is 1.76 bits per heavy atom. The van der Waals surface area contributed by atoms with E-state index in [9.17, 15) is 4.79 Å². The third-order valence-electron chi connectivity index (χ3n) is 9.60. The summed E-state index contributed by atoms with van der Waals surface area (Å²) < 4.78 is 1.95. The van der Waals surface area contributed by atoms with Gasteiger partial charge in [0.1, 0.15) is 0 Å². The summed E-state index contributed by atoms with van der Waals surface area (Å²) in [7, 11) is 0. The third-order valence-corrected chi connectivity index (χ3v) is 9.60. The van der Waals surface area contributed by atoms with E-state index < -0.39 is 0 Å². The minimum atomic E-state index is 0.241. The summed E-state index contributed by atoms with van der Waals surface area (Å²) in [6.07, 6.45) is 10.2. The van der Waals surface area contributed by atoms with E-state index in [0.717, 1.165) is 81.7 Å². The van der Waals surface area contributed by atoms with Crippen LogP contribution in [0.15, 0.2) is 66.9 Å². The summed E-state index contributed by atoms with van der Waals surface area (Å²) >= 11 is 0. The Morgan fingerprint density at radius 3 is 2.55 bits per heavy atom. The van der Waals surface area contributed by atoms with Gasteiger partial charge >= 0.3 is 0 Å². The quantitative estimate of drug-likeness (QED) is 0.247. The molecule has 0 radical (unpaired) electrons. The van der Waals surface area contributed by atoms with E-state index in [4.69, 9.17) is 4.98 Å². The van der Waals surface area contributed by atoms with Crippen LogP contribution in [0.5, 0.6) is 0 Å². The topological polar surface area (TPSA) is 63.1 Å². The highest BCUT2D eigenvalue weighted by atomic mass is 16.2. The van der Waals surface area contributed by atoms with Crippen LogP contribution in [0.1, 0.15) is 85.9 Å².